The summed E-state index contributed by atoms with van der Waals surface area (Å²) in [7, 11) is 0. The van der Waals surface area contributed by atoms with Crippen molar-refractivity contribution >= 4 is 41.0 Å². The lowest BCUT2D eigenvalue weighted by Crippen LogP contribution is -2.58. The highest BCUT2D eigenvalue weighted by atomic mass is 32.1. The molecule has 0 bridgehead atoms. The Bertz CT molecular complexity index is 868. The van der Waals surface area contributed by atoms with Crippen LogP contribution in [0.3, 0.4) is 0 Å². The highest BCUT2D eigenvalue weighted by molar-refractivity contribution is 7.80. The number of carbonyl (C=O) groups excluding carboxylic acids is 2. The van der Waals surface area contributed by atoms with Crippen molar-refractivity contribution in [1.29, 1.82) is 0 Å². The van der Waals surface area contributed by atoms with E-state index in [0.29, 0.717) is 5.69 Å². The van der Waals surface area contributed by atoms with Crippen molar-refractivity contribution in [2.75, 3.05) is 4.90 Å². The van der Waals surface area contributed by atoms with Gasteiger partial charge in [-0.1, -0.05) is 30.3 Å². The van der Waals surface area contributed by atoms with Crippen molar-refractivity contribution < 1.29 is 14.0 Å². The Morgan fingerprint density at radius 2 is 1.81 bits per heavy atom. The number of thiocarbonyl (C=S) groups is 1. The monoisotopic (exact) mass is 369 g/mol. The van der Waals surface area contributed by atoms with E-state index < -0.39 is 23.5 Å². The van der Waals surface area contributed by atoms with Crippen molar-refractivity contribution in [1.82, 2.24) is 5.32 Å². The number of aliphatic imine (C=N–C) groups is 1. The molecule has 1 unspecified atom stereocenters. The summed E-state index contributed by atoms with van der Waals surface area (Å²) in [5, 5.41) is 2.46. The molecule has 26 heavy (non-hydrogen) atoms. The van der Waals surface area contributed by atoms with Gasteiger partial charge in [0.1, 0.15) is 5.82 Å². The maximum absolute atomic E-state index is 13.1. The van der Waals surface area contributed by atoms with E-state index in [0.717, 1.165) is 5.56 Å². The van der Waals surface area contributed by atoms with E-state index in [9.17, 15) is 14.0 Å². The first-order valence-electron chi connectivity index (χ1n) is 8.00. The number of halogens is 1. The molecule has 2 aromatic rings. The van der Waals surface area contributed by atoms with Gasteiger partial charge in [-0.05, 0) is 49.0 Å². The lowest BCUT2D eigenvalue weighted by molar-refractivity contribution is -0.130. The van der Waals surface area contributed by atoms with Gasteiger partial charge in [-0.3, -0.25) is 19.5 Å². The Hall–Kier alpha value is -2.93. The Labute approximate surface area is 155 Å². The SMILES string of the molecule is C[C@H](N=CC1C(=O)NC(=S)N(c2ccc(F)cc2)C1=O)c1ccccc1. The van der Waals surface area contributed by atoms with E-state index in [1.807, 2.05) is 37.3 Å². The first-order chi connectivity index (χ1) is 12.5. The third-order valence-corrected chi connectivity index (χ3v) is 4.31. The van der Waals surface area contributed by atoms with Crippen LogP contribution < -0.4 is 10.2 Å². The number of benzene rings is 2. The molecule has 1 fully saturated rings. The van der Waals surface area contributed by atoms with Gasteiger partial charge in [0.25, 0.3) is 5.91 Å². The smallest absolute Gasteiger partial charge is 0.251 e. The van der Waals surface area contributed by atoms with Crippen LogP contribution in [0.25, 0.3) is 0 Å². The van der Waals surface area contributed by atoms with Gasteiger partial charge in [-0.2, -0.15) is 0 Å². The van der Waals surface area contributed by atoms with Crippen LogP contribution in [0.1, 0.15) is 18.5 Å². The Morgan fingerprint density at radius 3 is 2.46 bits per heavy atom. The summed E-state index contributed by atoms with van der Waals surface area (Å²) < 4.78 is 13.1. The van der Waals surface area contributed by atoms with Crippen molar-refractivity contribution in [2.45, 2.75) is 13.0 Å². The summed E-state index contributed by atoms with van der Waals surface area (Å²) in [6.45, 7) is 1.87. The fourth-order valence-corrected chi connectivity index (χ4v) is 2.89. The highest BCUT2D eigenvalue weighted by Gasteiger charge is 2.38. The van der Waals surface area contributed by atoms with Crippen molar-refractivity contribution in [3.05, 3.63) is 66.0 Å². The Morgan fingerprint density at radius 1 is 1.15 bits per heavy atom. The van der Waals surface area contributed by atoms with E-state index >= 15 is 0 Å². The second-order valence-electron chi connectivity index (χ2n) is 5.81. The van der Waals surface area contributed by atoms with Gasteiger partial charge in [0.2, 0.25) is 5.91 Å². The molecule has 1 saturated heterocycles. The molecule has 1 heterocycles. The Balaban J connectivity index is 1.83. The van der Waals surface area contributed by atoms with E-state index in [-0.39, 0.29) is 11.2 Å². The number of hydrogen-bond acceptors (Lipinski definition) is 4. The number of hydrogen-bond donors (Lipinski definition) is 1. The predicted octanol–water partition coefficient (Wildman–Crippen LogP) is 3.02. The van der Waals surface area contributed by atoms with Crippen LogP contribution in [0, 0.1) is 11.7 Å². The fraction of sp³-hybridized carbons (Fsp3) is 0.158. The van der Waals surface area contributed by atoms with Gasteiger partial charge in [-0.15, -0.1) is 0 Å². The minimum Gasteiger partial charge on any atom is -0.301 e. The normalized spacial score (nSPS) is 18.9. The molecule has 7 heteroatoms. The van der Waals surface area contributed by atoms with Gasteiger partial charge in [0, 0.05) is 6.21 Å². The van der Waals surface area contributed by atoms with E-state index in [1.165, 1.54) is 35.4 Å². The molecule has 5 nitrogen and oxygen atoms in total. The number of amides is 2. The molecule has 1 N–H and O–H groups in total. The van der Waals surface area contributed by atoms with Gasteiger partial charge < -0.3 is 5.32 Å². The lowest BCUT2D eigenvalue weighted by Gasteiger charge is -2.31. The number of nitrogens with zero attached hydrogens (tertiary/aromatic N) is 2. The van der Waals surface area contributed by atoms with Gasteiger partial charge >= 0.3 is 0 Å². The van der Waals surface area contributed by atoms with Crippen LogP contribution in [-0.2, 0) is 9.59 Å². The summed E-state index contributed by atoms with van der Waals surface area (Å²) in [5.41, 5.74) is 1.36. The molecule has 132 valence electrons. The molecule has 0 aliphatic carbocycles. The van der Waals surface area contributed by atoms with Crippen LogP contribution >= 0.6 is 12.2 Å². The number of nitrogens with one attached hydrogen (secondary N) is 1. The van der Waals surface area contributed by atoms with Gasteiger partial charge in [-0.25, -0.2) is 4.39 Å². The van der Waals surface area contributed by atoms with E-state index in [2.05, 4.69) is 10.3 Å². The van der Waals surface area contributed by atoms with Crippen molar-refractivity contribution in [2.24, 2.45) is 10.9 Å². The molecule has 1 aliphatic heterocycles. The number of anilines is 1. The standard InChI is InChI=1S/C19H16FN3O2S/c1-12(13-5-3-2-4-6-13)21-11-16-17(24)22-19(26)23(18(16)25)15-9-7-14(20)8-10-15/h2-12,16H,1H3,(H,22,24,26)/t12-,16?/m0/s1. The molecule has 2 aromatic carbocycles. The molecule has 2 amide bonds. The topological polar surface area (TPSA) is 61.8 Å². The second-order valence-corrected chi connectivity index (χ2v) is 6.19. The average molecular weight is 369 g/mol. The number of rotatable bonds is 4. The molecule has 0 saturated carbocycles. The third-order valence-electron chi connectivity index (χ3n) is 4.03. The van der Waals surface area contributed by atoms with Crippen molar-refractivity contribution in [3.8, 4) is 0 Å². The molecular weight excluding hydrogens is 353 g/mol. The lowest BCUT2D eigenvalue weighted by atomic mass is 10.0. The first kappa shape index (κ1) is 17.9. The maximum Gasteiger partial charge on any atom is 0.251 e. The third kappa shape index (κ3) is 3.67. The fourth-order valence-electron chi connectivity index (χ4n) is 2.59. The molecule has 2 atom stereocenters. The van der Waals surface area contributed by atoms with E-state index in [4.69, 9.17) is 12.2 Å². The van der Waals surface area contributed by atoms with Crippen LogP contribution in [0.4, 0.5) is 10.1 Å². The van der Waals surface area contributed by atoms with Crippen LogP contribution in [0.2, 0.25) is 0 Å². The Kier molecular flexibility index (Phi) is 5.18. The molecular formula is C19H16FN3O2S. The molecule has 3 rings (SSSR count). The zero-order valence-electron chi connectivity index (χ0n) is 13.9. The number of carbonyl (C=O) groups is 2. The van der Waals surface area contributed by atoms with Crippen LogP contribution in [0.5, 0.6) is 0 Å². The van der Waals surface area contributed by atoms with Crippen LogP contribution in [0.15, 0.2) is 59.6 Å². The zero-order chi connectivity index (χ0) is 18.7. The quantitative estimate of drug-likeness (QED) is 0.512. The molecule has 1 aliphatic rings. The minimum absolute atomic E-state index is 0.0348. The minimum atomic E-state index is -1.10. The first-order valence-corrected chi connectivity index (χ1v) is 8.41. The maximum atomic E-state index is 13.1. The average Bonchev–Trinajstić information content (AvgIpc) is 2.63. The molecule has 0 aromatic heterocycles. The highest BCUT2D eigenvalue weighted by Crippen LogP contribution is 2.22. The molecule has 0 radical (unpaired) electrons. The van der Waals surface area contributed by atoms with Gasteiger partial charge in [0.05, 0.1) is 11.7 Å². The van der Waals surface area contributed by atoms with Crippen LogP contribution in [-0.4, -0.2) is 23.1 Å². The second kappa shape index (κ2) is 7.53. The summed E-state index contributed by atoms with van der Waals surface area (Å²) in [6.07, 6.45) is 1.34. The van der Waals surface area contributed by atoms with Gasteiger partial charge in [0.15, 0.2) is 11.0 Å². The largest absolute Gasteiger partial charge is 0.301 e. The summed E-state index contributed by atoms with van der Waals surface area (Å²) in [5.74, 6) is -2.57. The zero-order valence-corrected chi connectivity index (χ0v) is 14.7. The van der Waals surface area contributed by atoms with Crippen molar-refractivity contribution in [3.63, 3.8) is 0 Å². The summed E-state index contributed by atoms with van der Waals surface area (Å²) in [6, 6.07) is 14.6. The summed E-state index contributed by atoms with van der Waals surface area (Å²) >= 11 is 5.10. The molecule has 0 spiro atoms. The van der Waals surface area contributed by atoms with E-state index in [1.54, 1.807) is 0 Å². The predicted molar refractivity (Wildman–Crippen MR) is 101 cm³/mol. The summed E-state index contributed by atoms with van der Waals surface area (Å²) in [4.78, 5) is 30.5.